The standard InChI is InChI=1S/C8H11Cl2NO/c1-4(12)7-6-5(3-11(7)2)8(6,9)10/h5-7H,3H2,1-2H3/t5-,6-,7+/m0/s1. The molecule has 2 nitrogen and oxygen atoms in total. The lowest BCUT2D eigenvalue weighted by Gasteiger charge is -2.22. The van der Waals surface area contributed by atoms with Gasteiger partial charge in [0, 0.05) is 18.4 Å². The van der Waals surface area contributed by atoms with E-state index in [4.69, 9.17) is 23.2 Å². The molecule has 2 rings (SSSR count). The normalized spacial score (nSPS) is 44.2. The van der Waals surface area contributed by atoms with E-state index in [0.29, 0.717) is 5.92 Å². The first kappa shape index (κ1) is 8.79. The maximum atomic E-state index is 11.2. The number of rotatable bonds is 1. The molecule has 2 aliphatic rings. The minimum absolute atomic E-state index is 0.0509. The highest BCUT2D eigenvalue weighted by Crippen LogP contribution is 2.65. The monoisotopic (exact) mass is 207 g/mol. The third-order valence-corrected chi connectivity index (χ3v) is 4.04. The fourth-order valence-corrected chi connectivity index (χ4v) is 3.17. The molecule has 0 amide bonds. The van der Waals surface area contributed by atoms with E-state index in [-0.39, 0.29) is 17.7 Å². The Labute approximate surface area is 81.8 Å². The van der Waals surface area contributed by atoms with Gasteiger partial charge in [0.15, 0.2) is 0 Å². The molecule has 2 fully saturated rings. The average molecular weight is 208 g/mol. The number of carbonyl (C=O) groups is 1. The lowest BCUT2D eigenvalue weighted by atomic mass is 10.1. The van der Waals surface area contributed by atoms with Gasteiger partial charge in [0.05, 0.1) is 6.04 Å². The molecule has 1 saturated carbocycles. The number of halogens is 2. The summed E-state index contributed by atoms with van der Waals surface area (Å²) in [5.41, 5.74) is 0. The molecule has 1 aliphatic heterocycles. The van der Waals surface area contributed by atoms with Crippen LogP contribution in [0.1, 0.15) is 6.92 Å². The summed E-state index contributed by atoms with van der Waals surface area (Å²) in [7, 11) is 1.95. The van der Waals surface area contributed by atoms with Gasteiger partial charge in [-0.1, -0.05) is 0 Å². The van der Waals surface area contributed by atoms with E-state index in [1.807, 2.05) is 11.9 Å². The third kappa shape index (κ3) is 0.949. The first-order valence-electron chi connectivity index (χ1n) is 4.04. The second-order valence-corrected chi connectivity index (χ2v) is 5.25. The van der Waals surface area contributed by atoms with Gasteiger partial charge in [0.2, 0.25) is 0 Å². The van der Waals surface area contributed by atoms with Crippen molar-refractivity contribution in [2.24, 2.45) is 11.8 Å². The van der Waals surface area contributed by atoms with Gasteiger partial charge in [-0.15, -0.1) is 23.2 Å². The van der Waals surface area contributed by atoms with Crippen LogP contribution in [0.2, 0.25) is 0 Å². The lowest BCUT2D eigenvalue weighted by molar-refractivity contribution is -0.121. The van der Waals surface area contributed by atoms with Crippen LogP contribution in [-0.2, 0) is 4.79 Å². The molecule has 1 saturated heterocycles. The van der Waals surface area contributed by atoms with Crippen molar-refractivity contribution in [3.63, 3.8) is 0 Å². The van der Waals surface area contributed by atoms with Crippen LogP contribution in [-0.4, -0.2) is 34.7 Å². The quantitative estimate of drug-likeness (QED) is 0.605. The Hall–Kier alpha value is 0.210. The van der Waals surface area contributed by atoms with Crippen LogP contribution in [0.25, 0.3) is 0 Å². The van der Waals surface area contributed by atoms with Crippen molar-refractivity contribution in [2.45, 2.75) is 17.3 Å². The Bertz CT molecular complexity index is 241. The Morgan fingerprint density at radius 2 is 2.17 bits per heavy atom. The van der Waals surface area contributed by atoms with Crippen molar-refractivity contribution in [3.05, 3.63) is 0 Å². The number of hydrogen-bond donors (Lipinski definition) is 0. The smallest absolute Gasteiger partial charge is 0.147 e. The highest BCUT2D eigenvalue weighted by atomic mass is 35.5. The van der Waals surface area contributed by atoms with Crippen molar-refractivity contribution in [2.75, 3.05) is 13.6 Å². The Kier molecular flexibility index (Phi) is 1.74. The minimum Gasteiger partial charge on any atom is -0.298 e. The number of ketones is 1. The molecule has 0 unspecified atom stereocenters. The van der Waals surface area contributed by atoms with E-state index < -0.39 is 4.33 Å². The topological polar surface area (TPSA) is 20.3 Å². The zero-order valence-electron chi connectivity index (χ0n) is 7.05. The molecule has 1 aliphatic carbocycles. The molecule has 0 spiro atoms. The van der Waals surface area contributed by atoms with E-state index in [1.54, 1.807) is 6.92 Å². The number of likely N-dealkylation sites (tertiary alicyclic amines) is 1. The number of Topliss-reactive ketones (excluding diaryl/α,β-unsaturated/α-hetero) is 1. The molecule has 0 bridgehead atoms. The summed E-state index contributed by atoms with van der Waals surface area (Å²) in [5.74, 6) is 0.649. The highest BCUT2D eigenvalue weighted by Gasteiger charge is 2.71. The number of fused-ring (bicyclic) bond motifs is 1. The lowest BCUT2D eigenvalue weighted by Crippen LogP contribution is -2.38. The SMILES string of the molecule is CC(=O)[C@@H]1[C@@H]2[C@H](CN1C)C2(Cl)Cl. The van der Waals surface area contributed by atoms with Crippen LogP contribution in [0.15, 0.2) is 0 Å². The molecule has 0 aromatic heterocycles. The van der Waals surface area contributed by atoms with E-state index in [2.05, 4.69) is 0 Å². The van der Waals surface area contributed by atoms with Crippen molar-refractivity contribution in [1.29, 1.82) is 0 Å². The maximum absolute atomic E-state index is 11.2. The van der Waals surface area contributed by atoms with Crippen molar-refractivity contribution < 1.29 is 4.79 Å². The van der Waals surface area contributed by atoms with Gasteiger partial charge >= 0.3 is 0 Å². The van der Waals surface area contributed by atoms with Gasteiger partial charge in [0.1, 0.15) is 10.1 Å². The Morgan fingerprint density at radius 3 is 2.50 bits per heavy atom. The van der Waals surface area contributed by atoms with Gasteiger partial charge in [0.25, 0.3) is 0 Å². The molecule has 0 aromatic rings. The molecule has 68 valence electrons. The van der Waals surface area contributed by atoms with E-state index in [9.17, 15) is 4.79 Å². The van der Waals surface area contributed by atoms with E-state index in [0.717, 1.165) is 6.54 Å². The molecular weight excluding hydrogens is 197 g/mol. The summed E-state index contributed by atoms with van der Waals surface area (Å²) in [6.07, 6.45) is 0. The van der Waals surface area contributed by atoms with Crippen LogP contribution in [0, 0.1) is 11.8 Å². The van der Waals surface area contributed by atoms with Gasteiger partial charge < -0.3 is 0 Å². The van der Waals surface area contributed by atoms with Crippen LogP contribution in [0.5, 0.6) is 0 Å². The van der Waals surface area contributed by atoms with Crippen molar-refractivity contribution >= 4 is 29.0 Å². The van der Waals surface area contributed by atoms with Crippen LogP contribution >= 0.6 is 23.2 Å². The third-order valence-electron chi connectivity index (χ3n) is 2.98. The zero-order valence-corrected chi connectivity index (χ0v) is 8.56. The summed E-state index contributed by atoms with van der Waals surface area (Å²) in [6.45, 7) is 2.45. The average Bonchev–Trinajstić information content (AvgIpc) is 2.40. The summed E-state index contributed by atoms with van der Waals surface area (Å²) >= 11 is 12.0. The second-order valence-electron chi connectivity index (χ2n) is 3.80. The van der Waals surface area contributed by atoms with Crippen LogP contribution in [0.4, 0.5) is 0 Å². The number of nitrogens with zero attached hydrogens (tertiary/aromatic N) is 1. The van der Waals surface area contributed by atoms with Gasteiger partial charge in [-0.2, -0.15) is 0 Å². The highest BCUT2D eigenvalue weighted by molar-refractivity contribution is 6.51. The van der Waals surface area contributed by atoms with Gasteiger partial charge in [-0.25, -0.2) is 0 Å². The predicted octanol–water partition coefficient (Wildman–Crippen LogP) is 1.31. The summed E-state index contributed by atoms with van der Waals surface area (Å²) in [5, 5.41) is 0. The van der Waals surface area contributed by atoms with Crippen molar-refractivity contribution in [1.82, 2.24) is 4.90 Å². The van der Waals surface area contributed by atoms with E-state index >= 15 is 0 Å². The van der Waals surface area contributed by atoms with Crippen molar-refractivity contribution in [3.8, 4) is 0 Å². The molecule has 0 aromatic carbocycles. The van der Waals surface area contributed by atoms with Crippen LogP contribution in [0.3, 0.4) is 0 Å². The summed E-state index contributed by atoms with van der Waals surface area (Å²) < 4.78 is -0.622. The molecular formula is C8H11Cl2NO. The summed E-state index contributed by atoms with van der Waals surface area (Å²) in [6, 6.07) is -0.0509. The molecule has 12 heavy (non-hydrogen) atoms. The fraction of sp³-hybridized carbons (Fsp3) is 0.875. The second kappa shape index (κ2) is 2.37. The zero-order chi connectivity index (χ0) is 9.09. The van der Waals surface area contributed by atoms with Crippen LogP contribution < -0.4 is 0 Å². The number of carbonyl (C=O) groups excluding carboxylic acids is 1. The van der Waals surface area contributed by atoms with E-state index in [1.165, 1.54) is 0 Å². The summed E-state index contributed by atoms with van der Waals surface area (Å²) in [4.78, 5) is 13.3. The number of hydrogen-bond acceptors (Lipinski definition) is 2. The first-order chi connectivity index (χ1) is 5.46. The number of alkyl halides is 2. The molecule has 1 heterocycles. The molecule has 4 heteroatoms. The number of likely N-dealkylation sites (N-methyl/N-ethyl adjacent to an activating group) is 1. The first-order valence-corrected chi connectivity index (χ1v) is 4.80. The molecule has 0 radical (unpaired) electrons. The molecule has 3 atom stereocenters. The Balaban J connectivity index is 2.19. The largest absolute Gasteiger partial charge is 0.298 e. The van der Waals surface area contributed by atoms with Gasteiger partial charge in [-0.05, 0) is 14.0 Å². The Morgan fingerprint density at radius 1 is 1.58 bits per heavy atom. The van der Waals surface area contributed by atoms with Gasteiger partial charge in [-0.3, -0.25) is 9.69 Å². The number of piperidine rings is 1. The molecule has 0 N–H and O–H groups in total. The predicted molar refractivity (Wildman–Crippen MR) is 48.5 cm³/mol. The minimum atomic E-state index is -0.622. The fourth-order valence-electron chi connectivity index (χ4n) is 2.34. The maximum Gasteiger partial charge on any atom is 0.147 e.